The highest BCUT2D eigenvalue weighted by atomic mass is 32.3. The summed E-state index contributed by atoms with van der Waals surface area (Å²) in [5, 5.41) is 0. The molecule has 0 aliphatic rings. The van der Waals surface area contributed by atoms with Crippen molar-refractivity contribution in [3.8, 4) is 12.8 Å². The van der Waals surface area contributed by atoms with E-state index in [1.165, 1.54) is 0 Å². The lowest BCUT2D eigenvalue weighted by molar-refractivity contribution is 0.501. The summed E-state index contributed by atoms with van der Waals surface area (Å²) in [4.78, 5) is 0. The van der Waals surface area contributed by atoms with E-state index in [2.05, 4.69) is 12.8 Å². The number of hydrogen-bond donors (Lipinski definition) is 0. The molecule has 2 nitrogen and oxygen atoms in total. The van der Waals surface area contributed by atoms with Crippen LogP contribution >= 0.6 is 0 Å². The smallest absolute Gasteiger partial charge is 0.160 e. The van der Waals surface area contributed by atoms with Crippen LogP contribution in [0.3, 0.4) is 0 Å². The zero-order valence-corrected chi connectivity index (χ0v) is 3.95. The van der Waals surface area contributed by atoms with Crippen LogP contribution < -0.4 is 0 Å². The SMILES string of the molecule is C#C.O=S(=O)(F)F. The van der Waals surface area contributed by atoms with Crippen molar-refractivity contribution in [2.24, 2.45) is 0 Å². The van der Waals surface area contributed by atoms with E-state index in [0.29, 0.717) is 0 Å². The van der Waals surface area contributed by atoms with Gasteiger partial charge in [0.1, 0.15) is 0 Å². The van der Waals surface area contributed by atoms with Crippen molar-refractivity contribution in [1.82, 2.24) is 0 Å². The Labute approximate surface area is 40.7 Å². The van der Waals surface area contributed by atoms with Gasteiger partial charge in [0.05, 0.1) is 0 Å². The molecule has 0 rings (SSSR count). The molecule has 42 valence electrons. The normalized spacial score (nSPS) is 8.57. The van der Waals surface area contributed by atoms with E-state index >= 15 is 0 Å². The first kappa shape index (κ1) is 9.62. The minimum atomic E-state index is -5.67. The number of hydrogen-bond acceptors (Lipinski definition) is 2. The lowest BCUT2D eigenvalue weighted by atomic mass is 11.4. The van der Waals surface area contributed by atoms with Crippen molar-refractivity contribution in [3.63, 3.8) is 0 Å². The van der Waals surface area contributed by atoms with E-state index in [-0.39, 0.29) is 0 Å². The highest BCUT2D eigenvalue weighted by Gasteiger charge is 1.94. The van der Waals surface area contributed by atoms with Crippen molar-refractivity contribution >= 4 is 10.6 Å². The topological polar surface area (TPSA) is 34.1 Å². The van der Waals surface area contributed by atoms with Gasteiger partial charge >= 0.3 is 10.6 Å². The number of rotatable bonds is 0. The quantitative estimate of drug-likeness (QED) is 0.350. The Morgan fingerprint density at radius 3 is 1.14 bits per heavy atom. The summed E-state index contributed by atoms with van der Waals surface area (Å²) in [6, 6.07) is 0. The minimum absolute atomic E-state index is 4.00. The van der Waals surface area contributed by atoms with Gasteiger partial charge in [0.25, 0.3) is 0 Å². The molecule has 0 fully saturated rings. The van der Waals surface area contributed by atoms with Crippen LogP contribution in [0.2, 0.25) is 0 Å². The van der Waals surface area contributed by atoms with Gasteiger partial charge in [0.15, 0.2) is 0 Å². The molecule has 5 heteroatoms. The van der Waals surface area contributed by atoms with Gasteiger partial charge in [0, 0.05) is 0 Å². The molecule has 0 aromatic heterocycles. The van der Waals surface area contributed by atoms with Crippen molar-refractivity contribution in [2.45, 2.75) is 0 Å². The summed E-state index contributed by atoms with van der Waals surface area (Å²) >= 11 is 0. The highest BCUT2D eigenvalue weighted by molar-refractivity contribution is 7.81. The molecule has 0 N–H and O–H groups in total. The van der Waals surface area contributed by atoms with Crippen LogP contribution in [0.1, 0.15) is 0 Å². The molecular formula is C2H2F2O2S. The molecule has 0 aromatic rings. The Balaban J connectivity index is 0. The molecule has 0 heterocycles. The summed E-state index contributed by atoms with van der Waals surface area (Å²) in [5.74, 6) is 0. The molecule has 0 aliphatic heterocycles. The largest absolute Gasteiger partial charge is 0.476 e. The summed E-state index contributed by atoms with van der Waals surface area (Å²) in [6.07, 6.45) is 8.00. The van der Waals surface area contributed by atoms with Gasteiger partial charge in [-0.15, -0.1) is 12.8 Å². The van der Waals surface area contributed by atoms with Crippen molar-refractivity contribution in [2.75, 3.05) is 0 Å². The van der Waals surface area contributed by atoms with E-state index in [0.717, 1.165) is 0 Å². The fourth-order valence-electron chi connectivity index (χ4n) is 0. The van der Waals surface area contributed by atoms with Gasteiger partial charge in [-0.05, 0) is 0 Å². The zero-order chi connectivity index (χ0) is 6.50. The molecule has 0 unspecified atom stereocenters. The van der Waals surface area contributed by atoms with Crippen molar-refractivity contribution in [3.05, 3.63) is 0 Å². The van der Waals surface area contributed by atoms with Crippen LogP contribution in [-0.2, 0) is 10.6 Å². The molecular weight excluding hydrogens is 126 g/mol. The fourth-order valence-corrected chi connectivity index (χ4v) is 0. The molecule has 0 aliphatic carbocycles. The first-order valence-corrected chi connectivity index (χ1v) is 2.26. The molecule has 0 aromatic carbocycles. The van der Waals surface area contributed by atoms with E-state index in [1.54, 1.807) is 0 Å². The van der Waals surface area contributed by atoms with Crippen LogP contribution in [0.5, 0.6) is 0 Å². The molecule has 0 amide bonds. The zero-order valence-electron chi connectivity index (χ0n) is 3.14. The number of terminal acetylenes is 1. The second kappa shape index (κ2) is 3.56. The second-order valence-corrected chi connectivity index (χ2v) is 1.14. The predicted molar refractivity (Wildman–Crippen MR) is 21.0 cm³/mol. The lowest BCUT2D eigenvalue weighted by Gasteiger charge is -1.57. The Bertz CT molecular complexity index is 125. The van der Waals surface area contributed by atoms with Crippen LogP contribution in [0, 0.1) is 12.8 Å². The van der Waals surface area contributed by atoms with E-state index in [4.69, 9.17) is 8.42 Å². The third-order valence-electron chi connectivity index (χ3n) is 0. The standard InChI is InChI=1S/C2H2.F2O2S/c1-2;1-5(2,3)4/h1-2H;. The van der Waals surface area contributed by atoms with Crippen LogP contribution in [0.15, 0.2) is 0 Å². The van der Waals surface area contributed by atoms with Crippen LogP contribution in [-0.4, -0.2) is 8.42 Å². The Morgan fingerprint density at radius 1 is 1.14 bits per heavy atom. The first-order chi connectivity index (χ1) is 3.00. The van der Waals surface area contributed by atoms with Crippen LogP contribution in [0.4, 0.5) is 7.77 Å². The fraction of sp³-hybridized carbons (Fsp3) is 0. The van der Waals surface area contributed by atoms with E-state index in [1.807, 2.05) is 0 Å². The third kappa shape index (κ3) is 154. The maximum absolute atomic E-state index is 9.99. The molecule has 0 bridgehead atoms. The molecule has 0 saturated heterocycles. The predicted octanol–water partition coefficient (Wildman–Crippen LogP) is 0.420. The monoisotopic (exact) mass is 128 g/mol. The Hall–Kier alpha value is -0.630. The molecule has 0 atom stereocenters. The van der Waals surface area contributed by atoms with Gasteiger partial charge in [0.2, 0.25) is 0 Å². The van der Waals surface area contributed by atoms with Crippen molar-refractivity contribution in [1.29, 1.82) is 0 Å². The maximum Gasteiger partial charge on any atom is 0.476 e. The van der Waals surface area contributed by atoms with E-state index < -0.39 is 10.6 Å². The Kier molecular flexibility index (Phi) is 4.89. The minimum Gasteiger partial charge on any atom is -0.160 e. The van der Waals surface area contributed by atoms with Gasteiger partial charge in [-0.1, -0.05) is 7.77 Å². The van der Waals surface area contributed by atoms with Gasteiger partial charge in [-0.25, -0.2) is 0 Å². The first-order valence-electron chi connectivity index (χ1n) is 0.975. The summed E-state index contributed by atoms with van der Waals surface area (Å²) in [7, 11) is -5.67. The lowest BCUT2D eigenvalue weighted by Crippen LogP contribution is -1.69. The van der Waals surface area contributed by atoms with Gasteiger partial charge in [-0.3, -0.25) is 0 Å². The summed E-state index contributed by atoms with van der Waals surface area (Å²) in [6.45, 7) is 0. The molecule has 0 radical (unpaired) electrons. The number of halogens is 2. The molecule has 7 heavy (non-hydrogen) atoms. The second-order valence-electron chi connectivity index (χ2n) is 0.378. The molecule has 0 spiro atoms. The summed E-state index contributed by atoms with van der Waals surface area (Å²) in [5.41, 5.74) is 0. The average Bonchev–Trinajstić information content (AvgIpc) is 1.36. The van der Waals surface area contributed by atoms with Crippen LogP contribution in [0.25, 0.3) is 0 Å². The molecule has 0 saturated carbocycles. The van der Waals surface area contributed by atoms with Crippen molar-refractivity contribution < 1.29 is 16.2 Å². The van der Waals surface area contributed by atoms with E-state index in [9.17, 15) is 7.77 Å². The van der Waals surface area contributed by atoms with Gasteiger partial charge < -0.3 is 0 Å². The summed E-state index contributed by atoms with van der Waals surface area (Å²) < 4.78 is 36.6. The highest BCUT2D eigenvalue weighted by Crippen LogP contribution is 1.85. The Morgan fingerprint density at radius 2 is 1.14 bits per heavy atom. The average molecular weight is 128 g/mol. The maximum atomic E-state index is 9.99. The van der Waals surface area contributed by atoms with Gasteiger partial charge in [-0.2, -0.15) is 8.42 Å². The third-order valence-corrected chi connectivity index (χ3v) is 0.